The van der Waals surface area contributed by atoms with E-state index < -0.39 is 5.41 Å². The summed E-state index contributed by atoms with van der Waals surface area (Å²) in [7, 11) is 0. The first-order valence-electron chi connectivity index (χ1n) is 6.93. The zero-order chi connectivity index (χ0) is 16.2. The van der Waals surface area contributed by atoms with Crippen LogP contribution in [0.15, 0.2) is 42.6 Å². The SMILES string of the molecule is CC(C)(C)C(=O)Nc1ccc(Nc2ccc(C#N)cc2)cn1. The Kier molecular flexibility index (Phi) is 4.42. The van der Waals surface area contributed by atoms with Gasteiger partial charge in [-0.25, -0.2) is 4.98 Å². The molecule has 0 unspecified atom stereocenters. The molecular weight excluding hydrogens is 276 g/mol. The molecule has 0 aliphatic heterocycles. The third kappa shape index (κ3) is 4.06. The van der Waals surface area contributed by atoms with Gasteiger partial charge in [0.25, 0.3) is 0 Å². The fraction of sp³-hybridized carbons (Fsp3) is 0.235. The lowest BCUT2D eigenvalue weighted by atomic mass is 9.96. The maximum Gasteiger partial charge on any atom is 0.230 e. The van der Waals surface area contributed by atoms with E-state index in [1.807, 2.05) is 39.0 Å². The number of benzene rings is 1. The van der Waals surface area contributed by atoms with E-state index in [0.29, 0.717) is 11.4 Å². The second-order valence-electron chi connectivity index (χ2n) is 5.95. The summed E-state index contributed by atoms with van der Waals surface area (Å²) in [4.78, 5) is 16.1. The number of nitriles is 1. The van der Waals surface area contributed by atoms with E-state index in [1.54, 1.807) is 24.4 Å². The molecule has 0 saturated carbocycles. The van der Waals surface area contributed by atoms with Crippen molar-refractivity contribution in [3.05, 3.63) is 48.2 Å². The summed E-state index contributed by atoms with van der Waals surface area (Å²) in [6, 6.07) is 12.8. The predicted octanol–water partition coefficient (Wildman–Crippen LogP) is 3.68. The number of rotatable bonds is 3. The van der Waals surface area contributed by atoms with Gasteiger partial charge in [-0.2, -0.15) is 5.26 Å². The van der Waals surface area contributed by atoms with Crippen LogP contribution in [0.2, 0.25) is 0 Å². The highest BCUT2D eigenvalue weighted by atomic mass is 16.2. The molecule has 0 saturated heterocycles. The number of amides is 1. The summed E-state index contributed by atoms with van der Waals surface area (Å²) in [5, 5.41) is 14.7. The highest BCUT2D eigenvalue weighted by molar-refractivity contribution is 5.93. The van der Waals surface area contributed by atoms with Crippen LogP contribution in [0.4, 0.5) is 17.2 Å². The third-order valence-electron chi connectivity index (χ3n) is 2.99. The quantitative estimate of drug-likeness (QED) is 0.905. The largest absolute Gasteiger partial charge is 0.354 e. The summed E-state index contributed by atoms with van der Waals surface area (Å²) in [5.41, 5.74) is 1.83. The molecule has 1 heterocycles. The van der Waals surface area contributed by atoms with E-state index in [0.717, 1.165) is 11.4 Å². The highest BCUT2D eigenvalue weighted by Crippen LogP contribution is 2.19. The standard InChI is InChI=1S/C17H18N4O/c1-17(2,3)16(22)21-15-9-8-14(11-19-15)20-13-6-4-12(10-18)5-7-13/h4-9,11,20H,1-3H3,(H,19,21,22). The molecule has 5 heteroatoms. The molecule has 0 spiro atoms. The maximum absolute atomic E-state index is 11.9. The monoisotopic (exact) mass is 294 g/mol. The Morgan fingerprint density at radius 3 is 2.23 bits per heavy atom. The van der Waals surface area contributed by atoms with Crippen molar-refractivity contribution < 1.29 is 4.79 Å². The van der Waals surface area contributed by atoms with Crippen molar-refractivity contribution in [1.29, 1.82) is 5.26 Å². The molecule has 2 N–H and O–H groups in total. The topological polar surface area (TPSA) is 77.8 Å². The van der Waals surface area contributed by atoms with Gasteiger partial charge in [0.2, 0.25) is 5.91 Å². The molecule has 1 aromatic heterocycles. The van der Waals surface area contributed by atoms with E-state index in [2.05, 4.69) is 21.7 Å². The average Bonchev–Trinajstić information content (AvgIpc) is 2.49. The van der Waals surface area contributed by atoms with E-state index in [9.17, 15) is 4.79 Å². The van der Waals surface area contributed by atoms with Gasteiger partial charge in [-0.3, -0.25) is 4.79 Å². The first-order chi connectivity index (χ1) is 10.4. The van der Waals surface area contributed by atoms with Crippen molar-refractivity contribution in [1.82, 2.24) is 4.98 Å². The van der Waals surface area contributed by atoms with Gasteiger partial charge in [0.1, 0.15) is 5.82 Å². The van der Waals surface area contributed by atoms with Gasteiger partial charge in [0.05, 0.1) is 23.5 Å². The van der Waals surface area contributed by atoms with Crippen molar-refractivity contribution in [3.63, 3.8) is 0 Å². The van der Waals surface area contributed by atoms with Crippen molar-refractivity contribution in [2.45, 2.75) is 20.8 Å². The van der Waals surface area contributed by atoms with Crippen LogP contribution >= 0.6 is 0 Å². The molecule has 0 fully saturated rings. The van der Waals surface area contributed by atoms with Gasteiger partial charge in [-0.15, -0.1) is 0 Å². The summed E-state index contributed by atoms with van der Waals surface area (Å²) < 4.78 is 0. The zero-order valence-electron chi connectivity index (χ0n) is 12.8. The minimum absolute atomic E-state index is 0.0761. The summed E-state index contributed by atoms with van der Waals surface area (Å²) in [6.07, 6.45) is 1.65. The minimum atomic E-state index is -0.457. The molecule has 0 aliphatic carbocycles. The van der Waals surface area contributed by atoms with Crippen LogP contribution in [0.25, 0.3) is 0 Å². The van der Waals surface area contributed by atoms with Crippen molar-refractivity contribution in [3.8, 4) is 6.07 Å². The Bertz CT molecular complexity index is 691. The second kappa shape index (κ2) is 6.27. The van der Waals surface area contributed by atoms with Gasteiger partial charge in [-0.1, -0.05) is 20.8 Å². The van der Waals surface area contributed by atoms with E-state index in [1.165, 1.54) is 0 Å². The fourth-order valence-electron chi connectivity index (χ4n) is 1.64. The first kappa shape index (κ1) is 15.5. The number of hydrogen-bond donors (Lipinski definition) is 2. The molecule has 1 aromatic carbocycles. The molecule has 5 nitrogen and oxygen atoms in total. The van der Waals surface area contributed by atoms with Crippen LogP contribution < -0.4 is 10.6 Å². The van der Waals surface area contributed by atoms with Crippen LogP contribution in [-0.2, 0) is 4.79 Å². The molecule has 22 heavy (non-hydrogen) atoms. The fourth-order valence-corrected chi connectivity index (χ4v) is 1.64. The van der Waals surface area contributed by atoms with Crippen LogP contribution in [0.5, 0.6) is 0 Å². The van der Waals surface area contributed by atoms with Crippen molar-refractivity contribution >= 4 is 23.1 Å². The Morgan fingerprint density at radius 1 is 1.09 bits per heavy atom. The van der Waals surface area contributed by atoms with Gasteiger partial charge in [-0.05, 0) is 36.4 Å². The van der Waals surface area contributed by atoms with Gasteiger partial charge in [0, 0.05) is 11.1 Å². The number of carbonyl (C=O) groups is 1. The highest BCUT2D eigenvalue weighted by Gasteiger charge is 2.21. The van der Waals surface area contributed by atoms with Gasteiger partial charge in [0.15, 0.2) is 0 Å². The number of pyridine rings is 1. The number of nitrogens with zero attached hydrogens (tertiary/aromatic N) is 2. The summed E-state index contributed by atoms with van der Waals surface area (Å²) >= 11 is 0. The number of anilines is 3. The number of nitrogens with one attached hydrogen (secondary N) is 2. The smallest absolute Gasteiger partial charge is 0.230 e. The molecule has 2 rings (SSSR count). The molecular formula is C17H18N4O. The van der Waals surface area contributed by atoms with Crippen LogP contribution in [0, 0.1) is 16.7 Å². The average molecular weight is 294 g/mol. The van der Waals surface area contributed by atoms with Crippen LogP contribution in [-0.4, -0.2) is 10.9 Å². The van der Waals surface area contributed by atoms with E-state index in [4.69, 9.17) is 5.26 Å². The molecule has 0 radical (unpaired) electrons. The lowest BCUT2D eigenvalue weighted by molar-refractivity contribution is -0.123. The normalized spacial score (nSPS) is 10.6. The van der Waals surface area contributed by atoms with E-state index in [-0.39, 0.29) is 5.91 Å². The molecule has 0 atom stereocenters. The van der Waals surface area contributed by atoms with Crippen molar-refractivity contribution in [2.24, 2.45) is 5.41 Å². The number of carbonyl (C=O) groups excluding carboxylic acids is 1. The predicted molar refractivity (Wildman–Crippen MR) is 86.8 cm³/mol. The Balaban J connectivity index is 2.02. The van der Waals surface area contributed by atoms with Crippen LogP contribution in [0.3, 0.4) is 0 Å². The third-order valence-corrected chi connectivity index (χ3v) is 2.99. The summed E-state index contributed by atoms with van der Waals surface area (Å²) in [6.45, 7) is 5.55. The second-order valence-corrected chi connectivity index (χ2v) is 5.95. The lowest BCUT2D eigenvalue weighted by Crippen LogP contribution is -2.27. The zero-order valence-corrected chi connectivity index (χ0v) is 12.8. The number of hydrogen-bond acceptors (Lipinski definition) is 4. The lowest BCUT2D eigenvalue weighted by Gasteiger charge is -2.17. The van der Waals surface area contributed by atoms with Gasteiger partial charge >= 0.3 is 0 Å². The summed E-state index contributed by atoms with van der Waals surface area (Å²) in [5.74, 6) is 0.443. The molecule has 112 valence electrons. The maximum atomic E-state index is 11.9. The first-order valence-corrected chi connectivity index (χ1v) is 6.93. The molecule has 2 aromatic rings. The van der Waals surface area contributed by atoms with Crippen molar-refractivity contribution in [2.75, 3.05) is 10.6 Å². The Morgan fingerprint density at radius 2 is 1.73 bits per heavy atom. The van der Waals surface area contributed by atoms with Crippen LogP contribution in [0.1, 0.15) is 26.3 Å². The molecule has 0 bridgehead atoms. The molecule has 1 amide bonds. The molecule has 0 aliphatic rings. The minimum Gasteiger partial charge on any atom is -0.354 e. The number of aromatic nitrogens is 1. The Labute approximate surface area is 130 Å². The van der Waals surface area contributed by atoms with E-state index >= 15 is 0 Å². The van der Waals surface area contributed by atoms with Gasteiger partial charge < -0.3 is 10.6 Å². The Hall–Kier alpha value is -2.87.